The first-order chi connectivity index (χ1) is 8.28. The molecule has 0 aliphatic rings. The lowest BCUT2D eigenvalue weighted by atomic mass is 9.96. The van der Waals surface area contributed by atoms with Gasteiger partial charge in [-0.15, -0.1) is 11.8 Å². The van der Waals surface area contributed by atoms with Crippen LogP contribution in [0.25, 0.3) is 0 Å². The Bertz CT molecular complexity index is 390. The van der Waals surface area contributed by atoms with Crippen LogP contribution >= 0.6 is 11.8 Å². The molecule has 3 heteroatoms. The third-order valence-corrected chi connectivity index (χ3v) is 3.56. The highest BCUT2D eigenvalue weighted by Gasteiger charge is 2.14. The Labute approximate surface area is 114 Å². The van der Waals surface area contributed by atoms with E-state index < -0.39 is 0 Å². The summed E-state index contributed by atoms with van der Waals surface area (Å²) in [5.74, 6) is 0.176. The van der Waals surface area contributed by atoms with E-state index in [1.165, 1.54) is 4.90 Å². The van der Waals surface area contributed by atoms with Crippen LogP contribution in [0.5, 0.6) is 0 Å². The van der Waals surface area contributed by atoms with Crippen molar-refractivity contribution in [3.05, 3.63) is 29.8 Å². The Hall–Kier alpha value is -0.800. The molecule has 0 unspecified atom stereocenters. The average Bonchev–Trinajstić information content (AvgIpc) is 2.25. The Kier molecular flexibility index (Phi) is 5.42. The topological polar surface area (TPSA) is 43.1 Å². The molecular weight excluding hydrogens is 242 g/mol. The summed E-state index contributed by atoms with van der Waals surface area (Å²) >= 11 is 1.81. The summed E-state index contributed by atoms with van der Waals surface area (Å²) in [4.78, 5) is 13.2. The van der Waals surface area contributed by atoms with E-state index in [4.69, 9.17) is 5.73 Å². The lowest BCUT2D eigenvalue weighted by molar-refractivity contribution is 0.0972. The molecular formula is C15H23NOS. The predicted octanol–water partition coefficient (Wildman–Crippen LogP) is 3.89. The molecule has 0 aromatic heterocycles. The van der Waals surface area contributed by atoms with Crippen LogP contribution in [0, 0.1) is 0 Å². The molecule has 0 bridgehead atoms. The zero-order chi connectivity index (χ0) is 13.8. The first-order valence-electron chi connectivity index (χ1n) is 6.37. The molecule has 1 rings (SSSR count). The number of carbonyl (C=O) groups excluding carboxylic acids is 1. The summed E-state index contributed by atoms with van der Waals surface area (Å²) in [6.07, 6.45) is 1.23. The highest BCUT2D eigenvalue weighted by Crippen LogP contribution is 2.23. The fraction of sp³-hybridized carbons (Fsp3) is 0.533. The van der Waals surface area contributed by atoms with Gasteiger partial charge in [0.1, 0.15) is 0 Å². The first-order valence-corrected chi connectivity index (χ1v) is 7.25. The molecule has 0 aliphatic carbocycles. The van der Waals surface area contributed by atoms with Crippen molar-refractivity contribution >= 4 is 17.5 Å². The van der Waals surface area contributed by atoms with Gasteiger partial charge in [-0.25, -0.2) is 0 Å². The molecule has 0 aliphatic heterocycles. The SMILES string of the molecule is CC(C)Sc1ccc(C(=O)CCC(C)(C)N)cc1. The van der Waals surface area contributed by atoms with Gasteiger partial charge in [0.15, 0.2) is 5.78 Å². The summed E-state index contributed by atoms with van der Waals surface area (Å²) in [5, 5.41) is 0.560. The molecule has 18 heavy (non-hydrogen) atoms. The molecule has 1 aromatic carbocycles. The van der Waals surface area contributed by atoms with Crippen molar-refractivity contribution in [2.24, 2.45) is 5.73 Å². The third kappa shape index (κ3) is 5.69. The zero-order valence-corrected chi connectivity index (χ0v) is 12.5. The van der Waals surface area contributed by atoms with E-state index in [1.807, 2.05) is 38.1 Å². The van der Waals surface area contributed by atoms with Gasteiger partial charge >= 0.3 is 0 Å². The Morgan fingerprint density at radius 3 is 2.28 bits per heavy atom. The van der Waals surface area contributed by atoms with Crippen molar-refractivity contribution in [2.45, 2.75) is 56.2 Å². The molecule has 0 amide bonds. The molecule has 0 saturated carbocycles. The highest BCUT2D eigenvalue weighted by molar-refractivity contribution is 7.99. The minimum atomic E-state index is -0.275. The smallest absolute Gasteiger partial charge is 0.162 e. The van der Waals surface area contributed by atoms with Crippen molar-refractivity contribution in [2.75, 3.05) is 0 Å². The number of benzene rings is 1. The molecule has 0 atom stereocenters. The summed E-state index contributed by atoms with van der Waals surface area (Å²) in [5.41, 5.74) is 6.40. The molecule has 0 radical (unpaired) electrons. The molecule has 0 heterocycles. The molecule has 2 N–H and O–H groups in total. The van der Waals surface area contributed by atoms with Gasteiger partial charge in [-0.3, -0.25) is 4.79 Å². The number of Topliss-reactive ketones (excluding diaryl/α,β-unsaturated/α-hetero) is 1. The van der Waals surface area contributed by atoms with Crippen LogP contribution in [0.2, 0.25) is 0 Å². The van der Waals surface area contributed by atoms with Crippen LogP contribution in [-0.4, -0.2) is 16.6 Å². The fourth-order valence-corrected chi connectivity index (χ4v) is 2.41. The van der Waals surface area contributed by atoms with Gasteiger partial charge in [0.25, 0.3) is 0 Å². The molecule has 1 aromatic rings. The van der Waals surface area contributed by atoms with Gasteiger partial charge < -0.3 is 5.73 Å². The van der Waals surface area contributed by atoms with Gasteiger partial charge in [0, 0.05) is 27.7 Å². The van der Waals surface area contributed by atoms with E-state index >= 15 is 0 Å². The van der Waals surface area contributed by atoms with Crippen molar-refractivity contribution in [3.63, 3.8) is 0 Å². The number of hydrogen-bond donors (Lipinski definition) is 1. The first kappa shape index (κ1) is 15.3. The molecule has 0 fully saturated rings. The van der Waals surface area contributed by atoms with E-state index in [1.54, 1.807) is 11.8 Å². The minimum Gasteiger partial charge on any atom is -0.326 e. The lowest BCUT2D eigenvalue weighted by Gasteiger charge is -2.17. The molecule has 0 spiro atoms. The quantitative estimate of drug-likeness (QED) is 0.627. The summed E-state index contributed by atoms with van der Waals surface area (Å²) in [7, 11) is 0. The number of nitrogens with two attached hydrogens (primary N) is 1. The zero-order valence-electron chi connectivity index (χ0n) is 11.7. The maximum Gasteiger partial charge on any atom is 0.162 e. The fourth-order valence-electron chi connectivity index (χ4n) is 1.57. The number of carbonyl (C=O) groups is 1. The highest BCUT2D eigenvalue weighted by atomic mass is 32.2. The van der Waals surface area contributed by atoms with E-state index in [2.05, 4.69) is 13.8 Å². The van der Waals surface area contributed by atoms with E-state index in [-0.39, 0.29) is 11.3 Å². The summed E-state index contributed by atoms with van der Waals surface area (Å²) in [6.45, 7) is 8.21. The molecule has 2 nitrogen and oxygen atoms in total. The normalized spacial score (nSPS) is 11.9. The van der Waals surface area contributed by atoms with Crippen LogP contribution < -0.4 is 5.73 Å². The Morgan fingerprint density at radius 2 is 1.83 bits per heavy atom. The van der Waals surface area contributed by atoms with Gasteiger partial charge in [-0.2, -0.15) is 0 Å². The van der Waals surface area contributed by atoms with Gasteiger partial charge in [-0.1, -0.05) is 26.0 Å². The number of hydrogen-bond acceptors (Lipinski definition) is 3. The minimum absolute atomic E-state index is 0.176. The summed E-state index contributed by atoms with van der Waals surface area (Å²) in [6, 6.07) is 7.87. The van der Waals surface area contributed by atoms with Crippen LogP contribution in [0.3, 0.4) is 0 Å². The van der Waals surface area contributed by atoms with Gasteiger partial charge in [-0.05, 0) is 32.4 Å². The lowest BCUT2D eigenvalue weighted by Crippen LogP contribution is -2.32. The second kappa shape index (κ2) is 6.39. The van der Waals surface area contributed by atoms with Crippen molar-refractivity contribution < 1.29 is 4.79 Å². The predicted molar refractivity (Wildman–Crippen MR) is 79.3 cm³/mol. The Morgan fingerprint density at radius 1 is 1.28 bits per heavy atom. The summed E-state index contributed by atoms with van der Waals surface area (Å²) < 4.78 is 0. The molecule has 0 saturated heterocycles. The van der Waals surface area contributed by atoms with Crippen molar-refractivity contribution in [1.82, 2.24) is 0 Å². The van der Waals surface area contributed by atoms with Gasteiger partial charge in [0.2, 0.25) is 0 Å². The van der Waals surface area contributed by atoms with E-state index in [9.17, 15) is 4.79 Å². The Balaban J connectivity index is 2.59. The molecule has 100 valence electrons. The average molecular weight is 265 g/mol. The second-order valence-corrected chi connectivity index (χ2v) is 7.25. The third-order valence-electron chi connectivity index (χ3n) is 2.54. The largest absolute Gasteiger partial charge is 0.326 e. The van der Waals surface area contributed by atoms with E-state index in [0.717, 1.165) is 5.56 Å². The van der Waals surface area contributed by atoms with Crippen LogP contribution in [0.15, 0.2) is 29.2 Å². The maximum absolute atomic E-state index is 12.0. The second-order valence-electron chi connectivity index (χ2n) is 5.60. The van der Waals surface area contributed by atoms with Crippen LogP contribution in [0.4, 0.5) is 0 Å². The number of thioether (sulfide) groups is 1. The van der Waals surface area contributed by atoms with Gasteiger partial charge in [0.05, 0.1) is 0 Å². The van der Waals surface area contributed by atoms with Crippen molar-refractivity contribution in [3.8, 4) is 0 Å². The van der Waals surface area contributed by atoms with E-state index in [0.29, 0.717) is 18.1 Å². The monoisotopic (exact) mass is 265 g/mol. The van der Waals surface area contributed by atoms with Crippen LogP contribution in [0.1, 0.15) is 50.9 Å². The number of ketones is 1. The standard InChI is InChI=1S/C15H23NOS/c1-11(2)18-13-7-5-12(6-8-13)14(17)9-10-15(3,4)16/h5-8,11H,9-10,16H2,1-4H3. The number of rotatable bonds is 6. The maximum atomic E-state index is 12.0. The van der Waals surface area contributed by atoms with Crippen molar-refractivity contribution in [1.29, 1.82) is 0 Å². The van der Waals surface area contributed by atoms with Crippen LogP contribution in [-0.2, 0) is 0 Å².